The van der Waals surface area contributed by atoms with Crippen molar-refractivity contribution < 1.29 is 0 Å². The van der Waals surface area contributed by atoms with Crippen molar-refractivity contribution in [3.05, 3.63) is 70.8 Å². The summed E-state index contributed by atoms with van der Waals surface area (Å²) in [5.74, 6) is 0. The van der Waals surface area contributed by atoms with Gasteiger partial charge in [-0.1, -0.05) is 132 Å². The Balaban J connectivity index is 0.000000280. The van der Waals surface area contributed by atoms with E-state index in [4.69, 9.17) is 0 Å². The predicted octanol–water partition coefficient (Wildman–Crippen LogP) is 8.56. The molecule has 2 rings (SSSR count). The van der Waals surface area contributed by atoms with E-state index in [1.54, 1.807) is 0 Å². The van der Waals surface area contributed by atoms with Gasteiger partial charge in [0.25, 0.3) is 0 Å². The fourth-order valence-corrected chi connectivity index (χ4v) is 2.92. The quantitative estimate of drug-likeness (QED) is 0.429. The molecule has 156 valence electrons. The fraction of sp³-hybridized carbons (Fsp3) is 0.571. The van der Waals surface area contributed by atoms with Crippen molar-refractivity contribution in [2.75, 3.05) is 0 Å². The van der Waals surface area contributed by atoms with Crippen LogP contribution in [-0.2, 0) is 21.7 Å². The van der Waals surface area contributed by atoms with Gasteiger partial charge in [-0.2, -0.15) is 0 Å². The van der Waals surface area contributed by atoms with Crippen LogP contribution in [0.5, 0.6) is 0 Å². The molecule has 0 heterocycles. The molecule has 0 aliphatic carbocycles. The molecule has 0 atom stereocenters. The lowest BCUT2D eigenvalue weighted by atomic mass is 9.81. The second-order valence-corrected chi connectivity index (χ2v) is 12.2. The lowest BCUT2D eigenvalue weighted by Crippen LogP contribution is -2.15. The largest absolute Gasteiger partial charge is 0.0617 e. The Morgan fingerprint density at radius 2 is 0.607 bits per heavy atom. The summed E-state index contributed by atoms with van der Waals surface area (Å²) in [4.78, 5) is 0. The lowest BCUT2D eigenvalue weighted by Gasteiger charge is -2.24. The van der Waals surface area contributed by atoms with Gasteiger partial charge in [-0.05, 0) is 43.9 Å². The number of rotatable bonds is 0. The molecule has 0 saturated heterocycles. The third-order valence-corrected chi connectivity index (χ3v) is 5.21. The van der Waals surface area contributed by atoms with Gasteiger partial charge in [0, 0.05) is 0 Å². The summed E-state index contributed by atoms with van der Waals surface area (Å²) in [7, 11) is 0. The number of hydrogen-bond acceptors (Lipinski definition) is 0. The van der Waals surface area contributed by atoms with E-state index in [1.165, 1.54) is 22.3 Å². The van der Waals surface area contributed by atoms with Crippen molar-refractivity contribution in [3.63, 3.8) is 0 Å². The molecule has 0 aliphatic heterocycles. The van der Waals surface area contributed by atoms with E-state index >= 15 is 0 Å². The van der Waals surface area contributed by atoms with Crippen LogP contribution in [0.4, 0.5) is 0 Å². The fourth-order valence-electron chi connectivity index (χ4n) is 2.92. The number of benzene rings is 2. The zero-order valence-electron chi connectivity index (χ0n) is 20.6. The van der Waals surface area contributed by atoms with Crippen LogP contribution >= 0.6 is 0 Å². The maximum Gasteiger partial charge on any atom is -0.0132 e. The summed E-state index contributed by atoms with van der Waals surface area (Å²) in [5.41, 5.74) is 6.68. The van der Waals surface area contributed by atoms with Gasteiger partial charge in [-0.25, -0.2) is 0 Å². The lowest BCUT2D eigenvalue weighted by molar-refractivity contribution is 0.568. The normalized spacial score (nSPS) is 13.0. The first kappa shape index (κ1) is 24.5. The van der Waals surface area contributed by atoms with Crippen LogP contribution in [-0.4, -0.2) is 0 Å². The highest BCUT2D eigenvalue weighted by Gasteiger charge is 2.18. The van der Waals surface area contributed by atoms with Crippen LogP contribution < -0.4 is 0 Å². The monoisotopic (exact) mass is 380 g/mol. The van der Waals surface area contributed by atoms with E-state index in [2.05, 4.69) is 132 Å². The van der Waals surface area contributed by atoms with Crippen molar-refractivity contribution in [2.24, 2.45) is 0 Å². The Labute approximate surface area is 175 Å². The number of hydrogen-bond donors (Lipinski definition) is 0. The van der Waals surface area contributed by atoms with Crippen LogP contribution in [0.25, 0.3) is 0 Å². The third kappa shape index (κ3) is 7.46. The molecule has 2 aromatic rings. The van der Waals surface area contributed by atoms with E-state index < -0.39 is 0 Å². The molecule has 0 aliphatic rings. The maximum absolute atomic E-state index is 2.33. The zero-order chi connectivity index (χ0) is 22.0. The zero-order valence-corrected chi connectivity index (χ0v) is 20.6. The van der Waals surface area contributed by atoms with Crippen molar-refractivity contribution in [1.82, 2.24) is 0 Å². The van der Waals surface area contributed by atoms with E-state index in [9.17, 15) is 0 Å². The highest BCUT2D eigenvalue weighted by Crippen LogP contribution is 2.28. The van der Waals surface area contributed by atoms with Gasteiger partial charge >= 0.3 is 0 Å². The minimum atomic E-state index is 0.251. The van der Waals surface area contributed by atoms with E-state index in [0.29, 0.717) is 0 Å². The summed E-state index contributed by atoms with van der Waals surface area (Å²) in [5, 5.41) is 0. The van der Waals surface area contributed by atoms with Gasteiger partial charge in [0.1, 0.15) is 0 Å². The summed E-state index contributed by atoms with van der Waals surface area (Å²) >= 11 is 0. The van der Waals surface area contributed by atoms with Crippen LogP contribution in [0.1, 0.15) is 105 Å². The average molecular weight is 381 g/mol. The van der Waals surface area contributed by atoms with Crippen molar-refractivity contribution in [1.29, 1.82) is 0 Å². The van der Waals surface area contributed by atoms with E-state index in [-0.39, 0.29) is 21.7 Å². The molecule has 0 N–H and O–H groups in total. The predicted molar refractivity (Wildman–Crippen MR) is 128 cm³/mol. The van der Waals surface area contributed by atoms with Crippen molar-refractivity contribution in [3.8, 4) is 0 Å². The molecule has 0 amide bonds. The van der Waals surface area contributed by atoms with Crippen LogP contribution in [0.15, 0.2) is 48.5 Å². The van der Waals surface area contributed by atoms with E-state index in [1.807, 2.05) is 0 Å². The molecule has 0 spiro atoms. The Kier molecular flexibility index (Phi) is 7.38. The molecular weight excluding hydrogens is 336 g/mol. The van der Waals surface area contributed by atoms with Crippen LogP contribution in [0, 0.1) is 0 Å². The molecule has 0 aromatic heterocycles. The topological polar surface area (TPSA) is 0 Å². The highest BCUT2D eigenvalue weighted by molar-refractivity contribution is 5.32. The molecule has 0 nitrogen and oxygen atoms in total. The molecule has 0 unspecified atom stereocenters. The van der Waals surface area contributed by atoms with Crippen LogP contribution in [0.3, 0.4) is 0 Å². The Morgan fingerprint density at radius 3 is 0.821 bits per heavy atom. The summed E-state index contributed by atoms with van der Waals surface area (Å²) in [6.07, 6.45) is 0. The Bertz CT molecular complexity index is 671. The molecule has 0 radical (unpaired) electrons. The molecule has 2 aromatic carbocycles. The second-order valence-electron chi connectivity index (χ2n) is 12.2. The average Bonchev–Trinajstić information content (AvgIpc) is 2.52. The van der Waals surface area contributed by atoms with Gasteiger partial charge < -0.3 is 0 Å². The van der Waals surface area contributed by atoms with Gasteiger partial charge in [0.05, 0.1) is 0 Å². The summed E-state index contributed by atoms with van der Waals surface area (Å²) in [6, 6.07) is 17.9. The first-order valence-corrected chi connectivity index (χ1v) is 10.6. The first-order valence-electron chi connectivity index (χ1n) is 10.6. The Hall–Kier alpha value is -1.56. The smallest absolute Gasteiger partial charge is 0.0132 e. The first-order chi connectivity index (χ1) is 12.4. The summed E-state index contributed by atoms with van der Waals surface area (Å²) < 4.78 is 0. The summed E-state index contributed by atoms with van der Waals surface area (Å²) in [6.45, 7) is 27.0. The minimum Gasteiger partial charge on any atom is -0.0617 e. The van der Waals surface area contributed by atoms with Gasteiger partial charge in [-0.15, -0.1) is 0 Å². The van der Waals surface area contributed by atoms with E-state index in [0.717, 1.165) is 0 Å². The van der Waals surface area contributed by atoms with Gasteiger partial charge in [-0.3, -0.25) is 0 Å². The van der Waals surface area contributed by atoms with Gasteiger partial charge in [0.2, 0.25) is 0 Å². The Morgan fingerprint density at radius 1 is 0.357 bits per heavy atom. The van der Waals surface area contributed by atoms with Crippen molar-refractivity contribution in [2.45, 2.75) is 105 Å². The molecule has 0 fully saturated rings. The molecule has 28 heavy (non-hydrogen) atoms. The third-order valence-electron chi connectivity index (χ3n) is 5.21. The minimum absolute atomic E-state index is 0.251. The molecular formula is C28H44. The van der Waals surface area contributed by atoms with Crippen LogP contribution in [0.2, 0.25) is 0 Å². The second kappa shape index (κ2) is 8.44. The standard InChI is InChI=1S/2C14H22/c1-13(2,3)11-7-9-12(10-8-11)14(4,5)6;1-13(2,3)11-8-7-9-12(10-11)14(4,5)6/h2*7-10H,1-6H3. The van der Waals surface area contributed by atoms with Gasteiger partial charge in [0.15, 0.2) is 0 Å². The molecule has 0 saturated carbocycles. The molecule has 0 heteroatoms. The van der Waals surface area contributed by atoms with Crippen molar-refractivity contribution >= 4 is 0 Å². The SMILES string of the molecule is CC(C)(C)c1ccc(C(C)(C)C)cc1.CC(C)(C)c1cccc(C(C)(C)C)c1. The highest BCUT2D eigenvalue weighted by atomic mass is 14.2. The molecule has 0 bridgehead atoms. The maximum atomic E-state index is 2.33.